The summed E-state index contributed by atoms with van der Waals surface area (Å²) in [6.07, 6.45) is 3.71. The maximum atomic E-state index is 12.2. The minimum atomic E-state index is -0.405. The fraction of sp³-hybridized carbons (Fsp3) is 0.733. The molecule has 1 atom stereocenters. The zero-order valence-electron chi connectivity index (χ0n) is 12.7. The Bertz CT molecular complexity index is 363. The molecule has 1 aliphatic heterocycles. The van der Waals surface area contributed by atoms with E-state index in [1.807, 2.05) is 0 Å². The van der Waals surface area contributed by atoms with Crippen LogP contribution in [0, 0.1) is 5.41 Å². The normalized spacial score (nSPS) is 18.9. The highest BCUT2D eigenvalue weighted by molar-refractivity contribution is 8.13. The molecule has 0 radical (unpaired) electrons. The van der Waals surface area contributed by atoms with Crippen molar-refractivity contribution in [2.45, 2.75) is 46.1 Å². The van der Waals surface area contributed by atoms with E-state index in [0.717, 1.165) is 25.0 Å². The molecule has 5 heteroatoms. The number of carbonyl (C=O) groups excluding carboxylic acids is 2. The summed E-state index contributed by atoms with van der Waals surface area (Å²) in [4.78, 5) is 25.6. The van der Waals surface area contributed by atoms with Gasteiger partial charge in [0.05, 0.1) is 0 Å². The topological polar surface area (TPSA) is 46.6 Å². The Morgan fingerprint density at radius 3 is 2.75 bits per heavy atom. The van der Waals surface area contributed by atoms with Crippen molar-refractivity contribution in [3.05, 3.63) is 12.7 Å². The van der Waals surface area contributed by atoms with Gasteiger partial charge in [0.2, 0.25) is 5.12 Å². The van der Waals surface area contributed by atoms with Crippen molar-refractivity contribution in [2.75, 3.05) is 18.9 Å². The molecule has 0 N–H and O–H groups in total. The predicted octanol–water partition coefficient (Wildman–Crippen LogP) is 3.47. The summed E-state index contributed by atoms with van der Waals surface area (Å²) in [6, 6.07) is -0.322. The highest BCUT2D eigenvalue weighted by Crippen LogP contribution is 2.26. The molecule has 1 heterocycles. The van der Waals surface area contributed by atoms with E-state index in [1.54, 1.807) is 4.90 Å². The number of hydrogen-bond acceptors (Lipinski definition) is 4. The van der Waals surface area contributed by atoms with Crippen LogP contribution >= 0.6 is 11.8 Å². The molecular formula is C15H25NO3S. The zero-order chi connectivity index (χ0) is 15.2. The van der Waals surface area contributed by atoms with E-state index < -0.39 is 6.09 Å². The SMILES string of the molecule is C=CCOC(=O)N1CCCC1C(=O)SCCC(C)(C)C. The van der Waals surface area contributed by atoms with Crippen LogP contribution in [0.15, 0.2) is 12.7 Å². The first-order valence-corrected chi connectivity index (χ1v) is 8.04. The van der Waals surface area contributed by atoms with Crippen molar-refractivity contribution in [1.29, 1.82) is 0 Å². The smallest absolute Gasteiger partial charge is 0.410 e. The Morgan fingerprint density at radius 1 is 1.45 bits per heavy atom. The third-order valence-corrected chi connectivity index (χ3v) is 4.15. The van der Waals surface area contributed by atoms with Gasteiger partial charge in [-0.15, -0.1) is 0 Å². The van der Waals surface area contributed by atoms with E-state index in [-0.39, 0.29) is 23.2 Å². The number of nitrogens with zero attached hydrogens (tertiary/aromatic N) is 1. The highest BCUT2D eigenvalue weighted by atomic mass is 32.2. The second-order valence-corrected chi connectivity index (χ2v) is 7.29. The third-order valence-electron chi connectivity index (χ3n) is 3.18. The van der Waals surface area contributed by atoms with Gasteiger partial charge in [0.25, 0.3) is 0 Å². The molecule has 1 unspecified atom stereocenters. The number of amides is 1. The number of rotatable bonds is 5. The summed E-state index contributed by atoms with van der Waals surface area (Å²) < 4.78 is 5.02. The third kappa shape index (κ3) is 5.57. The number of likely N-dealkylation sites (tertiary alicyclic amines) is 1. The van der Waals surface area contributed by atoms with Gasteiger partial charge in [0, 0.05) is 12.3 Å². The Morgan fingerprint density at radius 2 is 2.15 bits per heavy atom. The van der Waals surface area contributed by atoms with E-state index in [1.165, 1.54) is 17.8 Å². The quantitative estimate of drug-likeness (QED) is 0.729. The van der Waals surface area contributed by atoms with Crippen LogP contribution < -0.4 is 0 Å². The lowest BCUT2D eigenvalue weighted by Crippen LogP contribution is -2.40. The van der Waals surface area contributed by atoms with E-state index in [2.05, 4.69) is 27.4 Å². The molecule has 1 aliphatic rings. The summed E-state index contributed by atoms with van der Waals surface area (Å²) in [5.74, 6) is 0.800. The fourth-order valence-electron chi connectivity index (χ4n) is 2.00. The molecule has 1 saturated heterocycles. The fourth-order valence-corrected chi connectivity index (χ4v) is 3.35. The molecule has 0 bridgehead atoms. The molecular weight excluding hydrogens is 274 g/mol. The number of hydrogen-bond donors (Lipinski definition) is 0. The molecule has 0 aromatic heterocycles. The maximum absolute atomic E-state index is 12.2. The van der Waals surface area contributed by atoms with Gasteiger partial charge in [-0.25, -0.2) is 4.79 Å². The van der Waals surface area contributed by atoms with Gasteiger partial charge in [-0.1, -0.05) is 45.2 Å². The second kappa shape index (κ2) is 7.72. The number of ether oxygens (including phenoxy) is 1. The van der Waals surface area contributed by atoms with E-state index in [4.69, 9.17) is 4.74 Å². The van der Waals surface area contributed by atoms with Crippen molar-refractivity contribution in [1.82, 2.24) is 4.90 Å². The Kier molecular flexibility index (Phi) is 6.59. The first kappa shape index (κ1) is 17.1. The van der Waals surface area contributed by atoms with E-state index in [9.17, 15) is 9.59 Å². The van der Waals surface area contributed by atoms with Gasteiger partial charge < -0.3 is 4.74 Å². The van der Waals surface area contributed by atoms with Crippen molar-refractivity contribution in [3.63, 3.8) is 0 Å². The molecule has 0 aromatic rings. The lowest BCUT2D eigenvalue weighted by atomic mass is 9.94. The van der Waals surface area contributed by atoms with Gasteiger partial charge in [0.1, 0.15) is 12.6 Å². The number of carbonyl (C=O) groups is 2. The molecule has 1 fully saturated rings. The van der Waals surface area contributed by atoms with E-state index >= 15 is 0 Å². The molecule has 1 amide bonds. The van der Waals surface area contributed by atoms with Gasteiger partial charge in [-0.05, 0) is 24.7 Å². The Balaban J connectivity index is 2.45. The molecule has 20 heavy (non-hydrogen) atoms. The van der Waals surface area contributed by atoms with Gasteiger partial charge in [-0.2, -0.15) is 0 Å². The first-order chi connectivity index (χ1) is 9.35. The van der Waals surface area contributed by atoms with Crippen LogP contribution in [0.3, 0.4) is 0 Å². The van der Waals surface area contributed by atoms with Crippen molar-refractivity contribution in [3.8, 4) is 0 Å². The van der Waals surface area contributed by atoms with Gasteiger partial charge >= 0.3 is 6.09 Å². The average Bonchev–Trinajstić information content (AvgIpc) is 2.83. The molecule has 0 saturated carbocycles. The van der Waals surface area contributed by atoms with Crippen LogP contribution in [-0.2, 0) is 9.53 Å². The summed E-state index contributed by atoms with van der Waals surface area (Å²) in [6.45, 7) is 10.8. The van der Waals surface area contributed by atoms with Crippen molar-refractivity contribution in [2.24, 2.45) is 5.41 Å². The molecule has 0 spiro atoms. The maximum Gasteiger partial charge on any atom is 0.410 e. The molecule has 114 valence electrons. The minimum absolute atomic E-state index is 0.0855. The van der Waals surface area contributed by atoms with Crippen molar-refractivity contribution >= 4 is 23.0 Å². The van der Waals surface area contributed by atoms with Crippen LogP contribution in [0.2, 0.25) is 0 Å². The zero-order valence-corrected chi connectivity index (χ0v) is 13.5. The van der Waals surface area contributed by atoms with Crippen molar-refractivity contribution < 1.29 is 14.3 Å². The minimum Gasteiger partial charge on any atom is -0.445 e. The molecule has 0 aromatic carbocycles. The summed E-state index contributed by atoms with van der Waals surface area (Å²) in [5.41, 5.74) is 0.228. The molecule has 1 rings (SSSR count). The van der Waals surface area contributed by atoms with Crippen LogP contribution in [0.25, 0.3) is 0 Å². The number of thioether (sulfide) groups is 1. The second-order valence-electron chi connectivity index (χ2n) is 6.20. The largest absolute Gasteiger partial charge is 0.445 e. The van der Waals surface area contributed by atoms with Gasteiger partial charge in [-0.3, -0.25) is 9.69 Å². The van der Waals surface area contributed by atoms with Crippen LogP contribution in [0.1, 0.15) is 40.0 Å². The van der Waals surface area contributed by atoms with E-state index in [0.29, 0.717) is 6.54 Å². The summed E-state index contributed by atoms with van der Waals surface area (Å²) in [7, 11) is 0. The molecule has 0 aliphatic carbocycles. The standard InChI is InChI=1S/C15H25NO3S/c1-5-10-19-14(18)16-9-6-7-12(16)13(17)20-11-8-15(2,3)4/h5,12H,1,6-11H2,2-4H3. The highest BCUT2D eigenvalue weighted by Gasteiger charge is 2.35. The Hall–Kier alpha value is -0.970. The predicted molar refractivity (Wildman–Crippen MR) is 82.8 cm³/mol. The average molecular weight is 299 g/mol. The lowest BCUT2D eigenvalue weighted by Gasteiger charge is -2.23. The van der Waals surface area contributed by atoms with Gasteiger partial charge in [0.15, 0.2) is 0 Å². The van der Waals surface area contributed by atoms with Crippen LogP contribution in [-0.4, -0.2) is 41.1 Å². The Labute approximate surface area is 125 Å². The summed E-state index contributed by atoms with van der Waals surface area (Å²) in [5, 5.41) is 0.0855. The monoisotopic (exact) mass is 299 g/mol. The first-order valence-electron chi connectivity index (χ1n) is 7.06. The van der Waals surface area contributed by atoms with Crippen LogP contribution in [0.4, 0.5) is 4.79 Å². The molecule has 4 nitrogen and oxygen atoms in total. The van der Waals surface area contributed by atoms with Crippen LogP contribution in [0.5, 0.6) is 0 Å². The summed E-state index contributed by atoms with van der Waals surface area (Å²) >= 11 is 1.34. The lowest BCUT2D eigenvalue weighted by molar-refractivity contribution is -0.114.